The Bertz CT molecular complexity index is 411. The molecule has 0 spiro atoms. The molecule has 0 aliphatic carbocycles. The number of rotatable bonds is 1. The zero-order chi connectivity index (χ0) is 10.0. The van der Waals surface area contributed by atoms with E-state index in [0.717, 1.165) is 0 Å². The fraction of sp³-hybridized carbons (Fsp3) is 0. The van der Waals surface area contributed by atoms with Crippen LogP contribution in [-0.4, -0.2) is 11.1 Å². The van der Waals surface area contributed by atoms with Crippen LogP contribution in [0.25, 0.3) is 0 Å². The van der Waals surface area contributed by atoms with Crippen LogP contribution in [0.3, 0.4) is 0 Å². The number of thiol groups is 1. The molecule has 0 aromatic heterocycles. The Hall–Kier alpha value is -0.740. The number of aromatic carboxylic acids is 1. The minimum atomic E-state index is -1.03. The number of halogens is 1. The van der Waals surface area contributed by atoms with Gasteiger partial charge in [-0.05, 0) is 34.7 Å². The molecule has 0 saturated heterocycles. The Morgan fingerprint density at radius 3 is 2.69 bits per heavy atom. The summed E-state index contributed by atoms with van der Waals surface area (Å²) in [4.78, 5) is 11.0. The Balaban J connectivity index is 3.42. The standard InChI is InChI=1S/C8H4INO2S/c9-6-4(3-10)1-2-5(7(6)13)8(11)12/h1-2,13H,(H,11,12). The lowest BCUT2D eigenvalue weighted by Gasteiger charge is -2.03. The van der Waals surface area contributed by atoms with E-state index < -0.39 is 5.97 Å². The molecule has 0 radical (unpaired) electrons. The Kier molecular flexibility index (Phi) is 3.17. The second-order valence-electron chi connectivity index (χ2n) is 2.24. The third kappa shape index (κ3) is 1.95. The van der Waals surface area contributed by atoms with Crippen LogP contribution in [0.2, 0.25) is 0 Å². The normalized spacial score (nSPS) is 9.31. The molecule has 1 rings (SSSR count). The van der Waals surface area contributed by atoms with Gasteiger partial charge in [-0.2, -0.15) is 5.26 Å². The van der Waals surface area contributed by atoms with Crippen LogP contribution in [-0.2, 0) is 0 Å². The molecular formula is C8H4INO2S. The summed E-state index contributed by atoms with van der Waals surface area (Å²) in [6.45, 7) is 0. The summed E-state index contributed by atoms with van der Waals surface area (Å²) in [7, 11) is 0. The van der Waals surface area contributed by atoms with Crippen LogP contribution < -0.4 is 0 Å². The predicted molar refractivity (Wildman–Crippen MR) is 58.1 cm³/mol. The van der Waals surface area contributed by atoms with Crippen LogP contribution in [0.15, 0.2) is 17.0 Å². The lowest BCUT2D eigenvalue weighted by molar-refractivity contribution is 0.0693. The van der Waals surface area contributed by atoms with Crippen molar-refractivity contribution in [1.82, 2.24) is 0 Å². The zero-order valence-electron chi connectivity index (χ0n) is 6.28. The van der Waals surface area contributed by atoms with Gasteiger partial charge in [-0.25, -0.2) is 4.79 Å². The quantitative estimate of drug-likeness (QED) is 0.617. The summed E-state index contributed by atoms with van der Waals surface area (Å²) in [6, 6.07) is 4.81. The van der Waals surface area contributed by atoms with Crippen molar-refractivity contribution in [2.75, 3.05) is 0 Å². The van der Waals surface area contributed by atoms with E-state index in [4.69, 9.17) is 10.4 Å². The minimum absolute atomic E-state index is 0.117. The second kappa shape index (κ2) is 3.98. The summed E-state index contributed by atoms with van der Waals surface area (Å²) >= 11 is 5.94. The van der Waals surface area contributed by atoms with Crippen LogP contribution in [0.5, 0.6) is 0 Å². The number of hydrogen-bond donors (Lipinski definition) is 2. The Labute approximate surface area is 93.9 Å². The fourth-order valence-corrected chi connectivity index (χ4v) is 1.71. The summed E-state index contributed by atoms with van der Waals surface area (Å²) in [5.41, 5.74) is 0.558. The number of carbonyl (C=O) groups is 1. The molecule has 66 valence electrons. The number of benzene rings is 1. The average Bonchev–Trinajstić information content (AvgIpc) is 2.09. The van der Waals surface area contributed by atoms with Gasteiger partial charge in [0.1, 0.15) is 6.07 Å². The van der Waals surface area contributed by atoms with Crippen molar-refractivity contribution in [3.63, 3.8) is 0 Å². The van der Waals surface area contributed by atoms with Gasteiger partial charge >= 0.3 is 5.97 Å². The van der Waals surface area contributed by atoms with Crippen LogP contribution >= 0.6 is 35.2 Å². The molecule has 0 fully saturated rings. The fourth-order valence-electron chi connectivity index (χ4n) is 0.823. The van der Waals surface area contributed by atoms with Gasteiger partial charge in [0.2, 0.25) is 0 Å². The largest absolute Gasteiger partial charge is 0.478 e. The molecule has 0 heterocycles. The number of nitrogens with zero attached hydrogens (tertiary/aromatic N) is 1. The molecular weight excluding hydrogens is 301 g/mol. The third-order valence-electron chi connectivity index (χ3n) is 1.47. The topological polar surface area (TPSA) is 61.1 Å². The maximum Gasteiger partial charge on any atom is 0.336 e. The van der Waals surface area contributed by atoms with E-state index >= 15 is 0 Å². The molecule has 13 heavy (non-hydrogen) atoms. The molecule has 1 aromatic carbocycles. The van der Waals surface area contributed by atoms with E-state index in [1.807, 2.05) is 28.7 Å². The SMILES string of the molecule is N#Cc1ccc(C(=O)O)c(S)c1I. The minimum Gasteiger partial charge on any atom is -0.478 e. The first-order valence-electron chi connectivity index (χ1n) is 3.22. The first-order valence-corrected chi connectivity index (χ1v) is 4.75. The highest BCUT2D eigenvalue weighted by atomic mass is 127. The van der Waals surface area contributed by atoms with Gasteiger partial charge < -0.3 is 5.11 Å². The first kappa shape index (κ1) is 10.3. The number of carboxylic acids is 1. The van der Waals surface area contributed by atoms with Crippen LogP contribution in [0, 0.1) is 14.9 Å². The van der Waals surface area contributed by atoms with Crippen LogP contribution in [0.1, 0.15) is 15.9 Å². The average molecular weight is 305 g/mol. The van der Waals surface area contributed by atoms with Crippen molar-refractivity contribution in [3.8, 4) is 6.07 Å². The van der Waals surface area contributed by atoms with Gasteiger partial charge in [-0.15, -0.1) is 12.6 Å². The second-order valence-corrected chi connectivity index (χ2v) is 3.77. The maximum atomic E-state index is 10.6. The lowest BCUT2D eigenvalue weighted by atomic mass is 10.1. The third-order valence-corrected chi connectivity index (χ3v) is 3.48. The van der Waals surface area contributed by atoms with E-state index in [1.165, 1.54) is 12.1 Å². The maximum absolute atomic E-state index is 10.6. The molecule has 0 aliphatic rings. The highest BCUT2D eigenvalue weighted by molar-refractivity contribution is 14.1. The van der Waals surface area contributed by atoms with Crippen molar-refractivity contribution in [3.05, 3.63) is 26.8 Å². The predicted octanol–water partition coefficient (Wildman–Crippen LogP) is 2.15. The molecule has 1 aromatic rings. The highest BCUT2D eigenvalue weighted by Gasteiger charge is 2.12. The van der Waals surface area contributed by atoms with Gasteiger partial charge in [0.15, 0.2) is 0 Å². The van der Waals surface area contributed by atoms with Crippen LogP contribution in [0.4, 0.5) is 0 Å². The smallest absolute Gasteiger partial charge is 0.336 e. The summed E-state index contributed by atoms with van der Waals surface area (Å²) < 4.78 is 0.573. The van der Waals surface area contributed by atoms with Crippen molar-refractivity contribution >= 4 is 41.2 Å². The van der Waals surface area contributed by atoms with Gasteiger partial charge in [0.25, 0.3) is 0 Å². The molecule has 0 atom stereocenters. The molecule has 0 saturated carbocycles. The van der Waals surface area contributed by atoms with Gasteiger partial charge in [-0.1, -0.05) is 0 Å². The summed E-state index contributed by atoms with van der Waals surface area (Å²) in [6.07, 6.45) is 0. The molecule has 3 nitrogen and oxygen atoms in total. The molecule has 5 heteroatoms. The van der Waals surface area contributed by atoms with Crippen molar-refractivity contribution in [1.29, 1.82) is 5.26 Å². The van der Waals surface area contributed by atoms with E-state index in [2.05, 4.69) is 12.6 Å². The number of nitriles is 1. The lowest BCUT2D eigenvalue weighted by Crippen LogP contribution is -2.00. The molecule has 1 N–H and O–H groups in total. The van der Waals surface area contributed by atoms with Gasteiger partial charge in [-0.3, -0.25) is 0 Å². The Morgan fingerprint density at radius 2 is 2.23 bits per heavy atom. The zero-order valence-corrected chi connectivity index (χ0v) is 9.33. The summed E-state index contributed by atoms with van der Waals surface area (Å²) in [5, 5.41) is 17.4. The Morgan fingerprint density at radius 1 is 1.62 bits per heavy atom. The number of hydrogen-bond acceptors (Lipinski definition) is 3. The summed E-state index contributed by atoms with van der Waals surface area (Å²) in [5.74, 6) is -1.03. The van der Waals surface area contributed by atoms with Crippen molar-refractivity contribution < 1.29 is 9.90 Å². The van der Waals surface area contributed by atoms with E-state index in [-0.39, 0.29) is 5.56 Å². The molecule has 0 aliphatic heterocycles. The molecule has 0 amide bonds. The molecule has 0 bridgehead atoms. The van der Waals surface area contributed by atoms with E-state index in [0.29, 0.717) is 14.0 Å². The highest BCUT2D eigenvalue weighted by Crippen LogP contribution is 2.24. The monoisotopic (exact) mass is 305 g/mol. The van der Waals surface area contributed by atoms with Gasteiger partial charge in [0.05, 0.1) is 11.1 Å². The van der Waals surface area contributed by atoms with E-state index in [9.17, 15) is 4.79 Å². The van der Waals surface area contributed by atoms with Gasteiger partial charge in [0, 0.05) is 8.47 Å². The first-order chi connectivity index (χ1) is 6.07. The van der Waals surface area contributed by atoms with E-state index in [1.54, 1.807) is 0 Å². The molecule has 0 unspecified atom stereocenters. The van der Waals surface area contributed by atoms with Crippen molar-refractivity contribution in [2.24, 2.45) is 0 Å². The number of carboxylic acid groups (broad SMARTS) is 1. The van der Waals surface area contributed by atoms with Crippen molar-refractivity contribution in [2.45, 2.75) is 4.90 Å².